The predicted molar refractivity (Wildman–Crippen MR) is 224 cm³/mol. The molecule has 1 aliphatic rings. The number of benzene rings is 8. The maximum atomic E-state index is 2.52. The van der Waals surface area contributed by atoms with E-state index >= 15 is 0 Å². The number of hydrogen-bond acceptors (Lipinski definition) is 0. The first-order valence-corrected chi connectivity index (χ1v) is 18.5. The summed E-state index contributed by atoms with van der Waals surface area (Å²) in [6.07, 6.45) is 0. The van der Waals surface area contributed by atoms with Gasteiger partial charge in [0.1, 0.15) is 0 Å². The first kappa shape index (κ1) is 30.0. The third-order valence-electron chi connectivity index (χ3n) is 11.7. The summed E-state index contributed by atoms with van der Waals surface area (Å²) in [5.41, 5.74) is 17.5. The van der Waals surface area contributed by atoms with E-state index in [0.29, 0.717) is 0 Å². The molecule has 11 rings (SSSR count). The van der Waals surface area contributed by atoms with Crippen LogP contribution in [0.4, 0.5) is 0 Å². The minimum absolute atomic E-state index is 0.160. The Hall–Kier alpha value is -6.64. The summed E-state index contributed by atoms with van der Waals surface area (Å²) in [6, 6.07) is 67.0. The Labute approximate surface area is 308 Å². The van der Waals surface area contributed by atoms with Crippen molar-refractivity contribution in [1.82, 2.24) is 9.13 Å². The second kappa shape index (κ2) is 11.2. The molecule has 0 saturated carbocycles. The van der Waals surface area contributed by atoms with E-state index in [2.05, 4.69) is 205 Å². The van der Waals surface area contributed by atoms with E-state index < -0.39 is 0 Å². The standard InChI is InChI=1S/C51H36N2/c1-51(2)43-22-12-9-20-40(43)49-44(51)32-42(48-41-21-11-14-24-46(41)53(50(48)49)36-17-7-4-8-18-36)35-27-30-39-38-19-10-13-23-45(38)52(47(39)31-35)37-28-25-34(26-29-37)33-15-5-3-6-16-33/h3-32H,1-2H3. The summed E-state index contributed by atoms with van der Waals surface area (Å²) >= 11 is 0. The van der Waals surface area contributed by atoms with Crippen molar-refractivity contribution in [2.75, 3.05) is 0 Å². The van der Waals surface area contributed by atoms with Crippen molar-refractivity contribution in [3.8, 4) is 44.8 Å². The Balaban J connectivity index is 1.23. The second-order valence-corrected chi connectivity index (χ2v) is 14.9. The zero-order chi connectivity index (χ0) is 35.3. The highest BCUT2D eigenvalue weighted by Gasteiger charge is 2.38. The first-order chi connectivity index (χ1) is 26.1. The molecule has 0 saturated heterocycles. The molecule has 2 aromatic heterocycles. The predicted octanol–water partition coefficient (Wildman–Crippen LogP) is 13.5. The lowest BCUT2D eigenvalue weighted by Crippen LogP contribution is -2.15. The monoisotopic (exact) mass is 676 g/mol. The Morgan fingerprint density at radius 2 is 0.943 bits per heavy atom. The Morgan fingerprint density at radius 3 is 1.72 bits per heavy atom. The maximum Gasteiger partial charge on any atom is 0.0628 e. The molecule has 0 fully saturated rings. The van der Waals surface area contributed by atoms with Gasteiger partial charge in [0.2, 0.25) is 0 Å². The van der Waals surface area contributed by atoms with E-state index in [-0.39, 0.29) is 5.41 Å². The van der Waals surface area contributed by atoms with Crippen LogP contribution in [0.5, 0.6) is 0 Å². The Bertz CT molecular complexity index is 3050. The van der Waals surface area contributed by atoms with Crippen LogP contribution in [0.2, 0.25) is 0 Å². The molecule has 10 aromatic rings. The van der Waals surface area contributed by atoms with Crippen LogP contribution in [-0.2, 0) is 5.41 Å². The van der Waals surface area contributed by atoms with Crippen LogP contribution in [0, 0.1) is 0 Å². The molecule has 0 amide bonds. The van der Waals surface area contributed by atoms with Gasteiger partial charge in [0.05, 0.1) is 22.1 Å². The van der Waals surface area contributed by atoms with E-state index in [4.69, 9.17) is 0 Å². The molecule has 2 nitrogen and oxygen atoms in total. The van der Waals surface area contributed by atoms with Gasteiger partial charge in [-0.2, -0.15) is 0 Å². The van der Waals surface area contributed by atoms with E-state index in [0.717, 1.165) is 5.69 Å². The van der Waals surface area contributed by atoms with Gasteiger partial charge < -0.3 is 9.13 Å². The molecule has 2 heterocycles. The number of nitrogens with zero attached hydrogens (tertiary/aromatic N) is 2. The van der Waals surface area contributed by atoms with Gasteiger partial charge in [-0.25, -0.2) is 0 Å². The van der Waals surface area contributed by atoms with Crippen LogP contribution in [-0.4, -0.2) is 9.13 Å². The molecule has 1 aliphatic carbocycles. The van der Waals surface area contributed by atoms with Gasteiger partial charge in [0, 0.05) is 43.9 Å². The van der Waals surface area contributed by atoms with Gasteiger partial charge in [-0.3, -0.25) is 0 Å². The Kier molecular flexibility index (Phi) is 6.33. The van der Waals surface area contributed by atoms with Crippen LogP contribution in [0.15, 0.2) is 182 Å². The lowest BCUT2D eigenvalue weighted by molar-refractivity contribution is 0.661. The fourth-order valence-corrected chi connectivity index (χ4v) is 9.25. The minimum Gasteiger partial charge on any atom is -0.309 e. The van der Waals surface area contributed by atoms with E-state index in [1.807, 2.05) is 0 Å². The van der Waals surface area contributed by atoms with Gasteiger partial charge in [0.25, 0.3) is 0 Å². The summed E-state index contributed by atoms with van der Waals surface area (Å²) in [6.45, 7) is 4.78. The molecule has 0 aliphatic heterocycles. The fraction of sp³-hybridized carbons (Fsp3) is 0.0588. The normalized spacial score (nSPS) is 13.2. The third kappa shape index (κ3) is 4.27. The number of para-hydroxylation sites is 3. The number of hydrogen-bond donors (Lipinski definition) is 0. The van der Waals surface area contributed by atoms with Crippen LogP contribution in [0.3, 0.4) is 0 Å². The summed E-state index contributed by atoms with van der Waals surface area (Å²) < 4.78 is 4.95. The average molecular weight is 677 g/mol. The van der Waals surface area contributed by atoms with E-state index in [9.17, 15) is 0 Å². The average Bonchev–Trinajstić information content (AvgIpc) is 3.81. The minimum atomic E-state index is -0.160. The zero-order valence-corrected chi connectivity index (χ0v) is 29.7. The zero-order valence-electron chi connectivity index (χ0n) is 29.7. The van der Waals surface area contributed by atoms with Crippen LogP contribution in [0.25, 0.3) is 88.4 Å². The molecule has 0 atom stereocenters. The van der Waals surface area contributed by atoms with Gasteiger partial charge >= 0.3 is 0 Å². The molecule has 0 radical (unpaired) electrons. The number of rotatable bonds is 4. The maximum absolute atomic E-state index is 2.52. The van der Waals surface area contributed by atoms with Gasteiger partial charge in [-0.05, 0) is 87.5 Å². The molecule has 8 aromatic carbocycles. The molecule has 0 bridgehead atoms. The highest BCUT2D eigenvalue weighted by Crippen LogP contribution is 2.55. The van der Waals surface area contributed by atoms with Crippen LogP contribution in [0.1, 0.15) is 25.0 Å². The molecule has 2 heteroatoms. The SMILES string of the molecule is CC1(C)c2ccccc2-c2c1cc(-c1ccc3c4ccccc4n(-c4ccc(-c5ccccc5)cc4)c3c1)c1c3ccccc3n(-c3ccccc3)c21. The summed E-state index contributed by atoms with van der Waals surface area (Å²) in [7, 11) is 0. The molecule has 53 heavy (non-hydrogen) atoms. The van der Waals surface area contributed by atoms with Gasteiger partial charge in [-0.15, -0.1) is 0 Å². The third-order valence-corrected chi connectivity index (χ3v) is 11.7. The molecule has 0 N–H and O–H groups in total. The summed E-state index contributed by atoms with van der Waals surface area (Å²) in [5.74, 6) is 0. The van der Waals surface area contributed by atoms with Crippen molar-refractivity contribution in [3.05, 3.63) is 193 Å². The first-order valence-electron chi connectivity index (χ1n) is 18.5. The molecular formula is C51H36N2. The largest absolute Gasteiger partial charge is 0.309 e. The van der Waals surface area contributed by atoms with Gasteiger partial charge in [-0.1, -0.05) is 147 Å². The van der Waals surface area contributed by atoms with Crippen molar-refractivity contribution >= 4 is 43.6 Å². The summed E-state index contributed by atoms with van der Waals surface area (Å²) in [5, 5.41) is 5.08. The molecule has 0 spiro atoms. The fourth-order valence-electron chi connectivity index (χ4n) is 9.25. The van der Waals surface area contributed by atoms with Crippen LogP contribution >= 0.6 is 0 Å². The molecule has 250 valence electrons. The highest BCUT2D eigenvalue weighted by molar-refractivity contribution is 6.22. The lowest BCUT2D eigenvalue weighted by Gasteiger charge is -2.23. The van der Waals surface area contributed by atoms with Crippen molar-refractivity contribution in [1.29, 1.82) is 0 Å². The topological polar surface area (TPSA) is 9.86 Å². The molecular weight excluding hydrogens is 641 g/mol. The van der Waals surface area contributed by atoms with Crippen LogP contribution < -0.4 is 0 Å². The van der Waals surface area contributed by atoms with Crippen molar-refractivity contribution in [2.24, 2.45) is 0 Å². The highest BCUT2D eigenvalue weighted by atomic mass is 15.0. The Morgan fingerprint density at radius 1 is 0.377 bits per heavy atom. The summed E-state index contributed by atoms with van der Waals surface area (Å²) in [4.78, 5) is 0. The van der Waals surface area contributed by atoms with Gasteiger partial charge in [0.15, 0.2) is 0 Å². The molecule has 0 unspecified atom stereocenters. The van der Waals surface area contributed by atoms with Crippen molar-refractivity contribution < 1.29 is 0 Å². The number of fused-ring (bicyclic) bond motifs is 10. The van der Waals surface area contributed by atoms with E-state index in [1.165, 1.54) is 93.8 Å². The van der Waals surface area contributed by atoms with Crippen molar-refractivity contribution in [3.63, 3.8) is 0 Å². The van der Waals surface area contributed by atoms with E-state index in [1.54, 1.807) is 0 Å². The lowest BCUT2D eigenvalue weighted by atomic mass is 9.81. The second-order valence-electron chi connectivity index (χ2n) is 14.9. The quantitative estimate of drug-likeness (QED) is 0.176. The van der Waals surface area contributed by atoms with Crippen molar-refractivity contribution in [2.45, 2.75) is 19.3 Å². The smallest absolute Gasteiger partial charge is 0.0628 e. The number of aromatic nitrogens is 2.